The van der Waals surface area contributed by atoms with Crippen molar-refractivity contribution in [1.29, 1.82) is 0 Å². The number of fused-ring (bicyclic) bond motifs is 1. The lowest BCUT2D eigenvalue weighted by atomic mass is 10.1. The maximum Gasteiger partial charge on any atom is 0.0956 e. The number of nitrogens with zero attached hydrogens (tertiary/aromatic N) is 2. The molecule has 108 valence electrons. The second kappa shape index (κ2) is 5.94. The average Bonchev–Trinajstić information content (AvgIpc) is 2.85. The van der Waals surface area contributed by atoms with E-state index in [1.54, 1.807) is 17.5 Å². The van der Waals surface area contributed by atoms with Gasteiger partial charge in [0.1, 0.15) is 0 Å². The number of nitrogens with two attached hydrogens (primary N) is 1. The summed E-state index contributed by atoms with van der Waals surface area (Å²) in [5.74, 6) is 0. The molecule has 0 saturated heterocycles. The van der Waals surface area contributed by atoms with Crippen molar-refractivity contribution >= 4 is 65.5 Å². The van der Waals surface area contributed by atoms with Gasteiger partial charge in [-0.25, -0.2) is 0 Å². The molecular formula is C15H13Br2N3S. The van der Waals surface area contributed by atoms with Gasteiger partial charge in [-0.3, -0.25) is 4.98 Å². The minimum absolute atomic E-state index is 0.745. The summed E-state index contributed by atoms with van der Waals surface area (Å²) in [5.41, 5.74) is 10.1. The molecule has 0 spiro atoms. The van der Waals surface area contributed by atoms with Crippen LogP contribution in [-0.4, -0.2) is 12.0 Å². The van der Waals surface area contributed by atoms with Crippen LogP contribution in [-0.2, 0) is 6.54 Å². The number of rotatable bonds is 3. The first-order valence-corrected chi connectivity index (χ1v) is 8.79. The summed E-state index contributed by atoms with van der Waals surface area (Å²) in [5, 5.41) is 3.13. The quantitative estimate of drug-likeness (QED) is 0.596. The topological polar surface area (TPSA) is 42.1 Å². The lowest BCUT2D eigenvalue weighted by molar-refractivity contribution is 0.930. The fourth-order valence-electron chi connectivity index (χ4n) is 2.30. The van der Waals surface area contributed by atoms with E-state index in [-0.39, 0.29) is 0 Å². The van der Waals surface area contributed by atoms with Crippen molar-refractivity contribution in [3.63, 3.8) is 0 Å². The summed E-state index contributed by atoms with van der Waals surface area (Å²) in [4.78, 5) is 6.73. The molecule has 2 aromatic heterocycles. The van der Waals surface area contributed by atoms with Gasteiger partial charge in [0.05, 0.1) is 15.0 Å². The van der Waals surface area contributed by atoms with Crippen molar-refractivity contribution in [1.82, 2.24) is 4.98 Å². The van der Waals surface area contributed by atoms with Crippen LogP contribution in [0.2, 0.25) is 0 Å². The molecule has 6 heteroatoms. The van der Waals surface area contributed by atoms with Gasteiger partial charge in [0.15, 0.2) is 0 Å². The smallest absolute Gasteiger partial charge is 0.0956 e. The second-order valence-corrected chi connectivity index (χ2v) is 8.04. The first-order valence-electron chi connectivity index (χ1n) is 6.32. The maximum absolute atomic E-state index is 6.07. The third-order valence-electron chi connectivity index (χ3n) is 3.28. The largest absolute Gasteiger partial charge is 0.398 e. The fraction of sp³-hybridized carbons (Fsp3) is 0.133. The predicted molar refractivity (Wildman–Crippen MR) is 98.0 cm³/mol. The zero-order valence-electron chi connectivity index (χ0n) is 11.3. The summed E-state index contributed by atoms with van der Waals surface area (Å²) >= 11 is 8.65. The molecule has 3 aromatic rings. The number of benzene rings is 1. The summed E-state index contributed by atoms with van der Waals surface area (Å²) < 4.78 is 2.08. The Balaban J connectivity index is 2.01. The Morgan fingerprint density at radius 3 is 2.81 bits per heavy atom. The summed E-state index contributed by atoms with van der Waals surface area (Å²) in [7, 11) is 2.07. The zero-order valence-corrected chi connectivity index (χ0v) is 15.3. The van der Waals surface area contributed by atoms with Crippen molar-refractivity contribution in [3.8, 4) is 0 Å². The third-order valence-corrected chi connectivity index (χ3v) is 5.27. The van der Waals surface area contributed by atoms with Gasteiger partial charge < -0.3 is 10.6 Å². The van der Waals surface area contributed by atoms with Crippen LogP contribution in [0.3, 0.4) is 0 Å². The number of halogens is 2. The SMILES string of the molecule is CN(Cc1csc(Br)c1)c1ccc(N)c2cc(Br)cnc12. The number of hydrogen-bond acceptors (Lipinski definition) is 4. The summed E-state index contributed by atoms with van der Waals surface area (Å²) in [6.45, 7) is 0.832. The molecule has 3 nitrogen and oxygen atoms in total. The average molecular weight is 427 g/mol. The van der Waals surface area contributed by atoms with Crippen LogP contribution in [0.1, 0.15) is 5.56 Å². The van der Waals surface area contributed by atoms with Gasteiger partial charge in [-0.15, -0.1) is 11.3 Å². The Morgan fingerprint density at radius 2 is 2.10 bits per heavy atom. The van der Waals surface area contributed by atoms with E-state index in [1.807, 2.05) is 18.2 Å². The molecule has 0 fully saturated rings. The Bertz CT molecular complexity index is 801. The van der Waals surface area contributed by atoms with Crippen LogP contribution in [0.4, 0.5) is 11.4 Å². The Labute approximate surface area is 144 Å². The van der Waals surface area contributed by atoms with E-state index in [9.17, 15) is 0 Å². The van der Waals surface area contributed by atoms with Gasteiger partial charge in [-0.2, -0.15) is 0 Å². The molecule has 0 aliphatic heterocycles. The number of aromatic nitrogens is 1. The summed E-state index contributed by atoms with van der Waals surface area (Å²) in [6, 6.07) is 8.12. The molecule has 0 aliphatic carbocycles. The molecule has 0 amide bonds. The zero-order chi connectivity index (χ0) is 15.0. The minimum Gasteiger partial charge on any atom is -0.398 e. The molecule has 0 unspecified atom stereocenters. The molecule has 2 N–H and O–H groups in total. The molecule has 2 heterocycles. The molecule has 3 rings (SSSR count). The van der Waals surface area contributed by atoms with Crippen molar-refractivity contribution in [2.75, 3.05) is 17.7 Å². The number of anilines is 2. The van der Waals surface area contributed by atoms with E-state index in [0.717, 1.165) is 37.1 Å². The van der Waals surface area contributed by atoms with Gasteiger partial charge in [0.25, 0.3) is 0 Å². The predicted octanol–water partition coefficient (Wildman–Crippen LogP) is 5.04. The highest BCUT2D eigenvalue weighted by atomic mass is 79.9. The lowest BCUT2D eigenvalue weighted by Gasteiger charge is -2.20. The number of nitrogen functional groups attached to an aromatic ring is 1. The highest BCUT2D eigenvalue weighted by Gasteiger charge is 2.11. The second-order valence-electron chi connectivity index (χ2n) is 4.84. The molecule has 0 saturated carbocycles. The highest BCUT2D eigenvalue weighted by Crippen LogP contribution is 2.32. The normalized spacial score (nSPS) is 11.0. The van der Waals surface area contributed by atoms with Crippen LogP contribution in [0.25, 0.3) is 10.9 Å². The van der Waals surface area contributed by atoms with E-state index in [0.29, 0.717) is 0 Å². The van der Waals surface area contributed by atoms with Gasteiger partial charge in [-0.05, 0) is 67.1 Å². The van der Waals surface area contributed by atoms with Crippen LogP contribution < -0.4 is 10.6 Å². The molecule has 1 aromatic carbocycles. The van der Waals surface area contributed by atoms with Crippen LogP contribution in [0, 0.1) is 0 Å². The first kappa shape index (κ1) is 14.8. The Hall–Kier alpha value is -1.11. The minimum atomic E-state index is 0.745. The molecular weight excluding hydrogens is 414 g/mol. The van der Waals surface area contributed by atoms with E-state index < -0.39 is 0 Å². The summed E-state index contributed by atoms with van der Waals surface area (Å²) in [6.07, 6.45) is 1.81. The van der Waals surface area contributed by atoms with E-state index in [1.165, 1.54) is 5.56 Å². The lowest BCUT2D eigenvalue weighted by Crippen LogP contribution is -2.16. The maximum atomic E-state index is 6.07. The molecule has 0 bridgehead atoms. The fourth-order valence-corrected chi connectivity index (χ4v) is 3.83. The van der Waals surface area contributed by atoms with Gasteiger partial charge >= 0.3 is 0 Å². The van der Waals surface area contributed by atoms with Crippen LogP contribution in [0.15, 0.2) is 44.1 Å². The molecule has 0 radical (unpaired) electrons. The van der Waals surface area contributed by atoms with Gasteiger partial charge in [0, 0.05) is 35.3 Å². The Morgan fingerprint density at radius 1 is 1.29 bits per heavy atom. The van der Waals surface area contributed by atoms with Gasteiger partial charge in [-0.1, -0.05) is 0 Å². The van der Waals surface area contributed by atoms with Crippen LogP contribution in [0.5, 0.6) is 0 Å². The monoisotopic (exact) mass is 425 g/mol. The van der Waals surface area contributed by atoms with Crippen molar-refractivity contribution in [2.24, 2.45) is 0 Å². The number of hydrogen-bond donors (Lipinski definition) is 1. The van der Waals surface area contributed by atoms with Crippen molar-refractivity contribution in [2.45, 2.75) is 6.54 Å². The van der Waals surface area contributed by atoms with Gasteiger partial charge in [0.2, 0.25) is 0 Å². The number of thiophene rings is 1. The first-order chi connectivity index (χ1) is 10.0. The Kier molecular flexibility index (Phi) is 4.19. The highest BCUT2D eigenvalue weighted by molar-refractivity contribution is 9.11. The third kappa shape index (κ3) is 3.07. The van der Waals surface area contributed by atoms with E-state index >= 15 is 0 Å². The number of pyridine rings is 1. The van der Waals surface area contributed by atoms with E-state index in [4.69, 9.17) is 5.73 Å². The van der Waals surface area contributed by atoms with E-state index in [2.05, 4.69) is 60.2 Å². The van der Waals surface area contributed by atoms with Crippen LogP contribution >= 0.6 is 43.2 Å². The molecule has 21 heavy (non-hydrogen) atoms. The van der Waals surface area contributed by atoms with Crippen molar-refractivity contribution < 1.29 is 0 Å². The van der Waals surface area contributed by atoms with Crippen molar-refractivity contribution in [3.05, 3.63) is 49.7 Å². The molecule has 0 atom stereocenters. The standard InChI is InChI=1S/C15H13Br2N3S/c1-20(7-9-4-14(17)21-8-9)13-3-2-12(18)11-5-10(16)6-19-15(11)13/h2-6,8H,7,18H2,1H3. The molecule has 0 aliphatic rings.